The number of rotatable bonds is 7. The molecule has 5 nitrogen and oxygen atoms in total. The van der Waals surface area contributed by atoms with Crippen LogP contribution >= 0.6 is 23.4 Å². The normalized spacial score (nSPS) is 15.4. The van der Waals surface area contributed by atoms with Gasteiger partial charge in [0.2, 0.25) is 10.0 Å². The average Bonchev–Trinajstić information content (AvgIpc) is 2.74. The maximum Gasteiger partial charge on any atom is 0.255 e. The first kappa shape index (κ1) is 23.1. The van der Waals surface area contributed by atoms with Gasteiger partial charge in [0.15, 0.2) is 0 Å². The largest absolute Gasteiger partial charge is 0.339 e. The molecule has 30 heavy (non-hydrogen) atoms. The summed E-state index contributed by atoms with van der Waals surface area (Å²) in [6.07, 6.45) is 4.40. The van der Waals surface area contributed by atoms with Crippen LogP contribution in [0.25, 0.3) is 0 Å². The van der Waals surface area contributed by atoms with Crippen molar-refractivity contribution in [1.82, 2.24) is 9.62 Å². The summed E-state index contributed by atoms with van der Waals surface area (Å²) in [6.45, 7) is 3.88. The number of hydrogen-bond acceptors (Lipinski definition) is 4. The molecule has 0 radical (unpaired) electrons. The third-order valence-corrected chi connectivity index (χ3v) is 7.91. The zero-order chi connectivity index (χ0) is 21.7. The van der Waals surface area contributed by atoms with Crippen molar-refractivity contribution in [1.29, 1.82) is 0 Å². The smallest absolute Gasteiger partial charge is 0.255 e. The fraction of sp³-hybridized carbons (Fsp3) is 0.409. The van der Waals surface area contributed by atoms with Crippen molar-refractivity contribution in [2.75, 3.05) is 25.9 Å². The molecule has 0 aliphatic carbocycles. The first-order valence-electron chi connectivity index (χ1n) is 10.0. The second-order valence-electron chi connectivity index (χ2n) is 7.61. The number of carbonyl (C=O) groups excluding carboxylic acids is 1. The van der Waals surface area contributed by atoms with Crippen LogP contribution in [0, 0.1) is 5.92 Å². The van der Waals surface area contributed by atoms with Gasteiger partial charge in [-0.05, 0) is 67.3 Å². The van der Waals surface area contributed by atoms with Crippen LogP contribution in [0.5, 0.6) is 0 Å². The molecule has 0 unspecified atom stereocenters. The molecular formula is C22H27ClN2O3S2. The lowest BCUT2D eigenvalue weighted by molar-refractivity contribution is 0.0693. The maximum atomic E-state index is 13.1. The fourth-order valence-electron chi connectivity index (χ4n) is 3.47. The van der Waals surface area contributed by atoms with Gasteiger partial charge in [-0.25, -0.2) is 13.1 Å². The van der Waals surface area contributed by atoms with Crippen LogP contribution in [0.2, 0.25) is 5.02 Å². The minimum Gasteiger partial charge on any atom is -0.339 e. The van der Waals surface area contributed by atoms with Crippen LogP contribution in [-0.2, 0) is 16.4 Å². The Balaban J connectivity index is 1.73. The summed E-state index contributed by atoms with van der Waals surface area (Å²) in [5, 5.41) is 0.647. The van der Waals surface area contributed by atoms with Crippen molar-refractivity contribution >= 4 is 39.3 Å². The fourth-order valence-corrected chi connectivity index (χ4v) is 5.22. The topological polar surface area (TPSA) is 66.5 Å². The van der Waals surface area contributed by atoms with E-state index in [2.05, 4.69) is 11.6 Å². The minimum absolute atomic E-state index is 0.0931. The number of halogens is 1. The van der Waals surface area contributed by atoms with Crippen LogP contribution < -0.4 is 4.72 Å². The lowest BCUT2D eigenvalue weighted by Gasteiger charge is -2.30. The van der Waals surface area contributed by atoms with Gasteiger partial charge in [-0.3, -0.25) is 4.79 Å². The Bertz CT molecular complexity index is 986. The number of piperidine rings is 1. The minimum atomic E-state index is -3.72. The molecule has 0 saturated carbocycles. The highest BCUT2D eigenvalue weighted by Crippen LogP contribution is 2.27. The van der Waals surface area contributed by atoms with Crippen molar-refractivity contribution in [2.24, 2.45) is 5.92 Å². The van der Waals surface area contributed by atoms with E-state index in [0.29, 0.717) is 36.0 Å². The first-order valence-corrected chi connectivity index (χ1v) is 13.1. The number of carbonyl (C=O) groups is 1. The van der Waals surface area contributed by atoms with E-state index >= 15 is 0 Å². The number of likely N-dealkylation sites (tertiary alicyclic amines) is 1. The highest BCUT2D eigenvalue weighted by molar-refractivity contribution is 7.98. The molecule has 162 valence electrons. The molecule has 0 atom stereocenters. The summed E-state index contributed by atoms with van der Waals surface area (Å²) in [4.78, 5) is 15.8. The van der Waals surface area contributed by atoms with Crippen molar-refractivity contribution < 1.29 is 13.2 Å². The van der Waals surface area contributed by atoms with Crippen LogP contribution in [0.3, 0.4) is 0 Å². The summed E-state index contributed by atoms with van der Waals surface area (Å²) in [5.74, 6) is 0.523. The molecule has 1 aliphatic heterocycles. The van der Waals surface area contributed by atoms with Gasteiger partial charge in [0.05, 0.1) is 10.5 Å². The number of sulfonamides is 1. The van der Waals surface area contributed by atoms with Gasteiger partial charge in [-0.15, -0.1) is 11.8 Å². The molecule has 0 spiro atoms. The molecule has 2 aromatic carbocycles. The van der Waals surface area contributed by atoms with Crippen molar-refractivity contribution in [3.8, 4) is 0 Å². The van der Waals surface area contributed by atoms with Crippen molar-refractivity contribution in [3.05, 3.63) is 58.6 Å². The predicted octanol–water partition coefficient (Wildman–Crippen LogP) is 4.46. The van der Waals surface area contributed by atoms with Gasteiger partial charge < -0.3 is 4.90 Å². The SMILES string of the molecule is CSc1ccc(S(=O)(=O)NCCc2ccc(Cl)cc2)cc1C(=O)N1CCC(C)CC1. The molecule has 1 heterocycles. The quantitative estimate of drug-likeness (QED) is 0.612. The number of hydrogen-bond donors (Lipinski definition) is 1. The van der Waals surface area contributed by atoms with E-state index < -0.39 is 10.0 Å². The standard InChI is InChI=1S/C22H27ClN2O3S2/c1-16-10-13-25(14-11-16)22(26)20-15-19(7-8-21(20)29-2)30(27,28)24-12-9-17-3-5-18(23)6-4-17/h3-8,15-16,24H,9-14H2,1-2H3. The summed E-state index contributed by atoms with van der Waals surface area (Å²) in [6, 6.07) is 12.1. The van der Waals surface area contributed by atoms with Crippen LogP contribution in [0.15, 0.2) is 52.3 Å². The molecule has 1 N–H and O–H groups in total. The van der Waals surface area contributed by atoms with E-state index in [0.717, 1.165) is 23.3 Å². The predicted molar refractivity (Wildman–Crippen MR) is 123 cm³/mol. The van der Waals surface area contributed by atoms with E-state index in [9.17, 15) is 13.2 Å². The Morgan fingerprint density at radius 3 is 2.47 bits per heavy atom. The Hall–Kier alpha value is -1.54. The number of thioether (sulfide) groups is 1. The summed E-state index contributed by atoms with van der Waals surface area (Å²) in [7, 11) is -3.72. The van der Waals surface area contributed by atoms with E-state index in [1.165, 1.54) is 17.8 Å². The molecule has 0 bridgehead atoms. The molecule has 0 aromatic heterocycles. The molecule has 3 rings (SSSR count). The van der Waals surface area contributed by atoms with Crippen molar-refractivity contribution in [3.63, 3.8) is 0 Å². The van der Waals surface area contributed by atoms with E-state index in [-0.39, 0.29) is 17.3 Å². The molecule has 2 aromatic rings. The van der Waals surface area contributed by atoms with E-state index in [1.54, 1.807) is 24.3 Å². The summed E-state index contributed by atoms with van der Waals surface area (Å²) >= 11 is 7.33. The monoisotopic (exact) mass is 466 g/mol. The number of nitrogens with zero attached hydrogens (tertiary/aromatic N) is 1. The molecule has 1 amide bonds. The van der Waals surface area contributed by atoms with Crippen LogP contribution in [0.4, 0.5) is 0 Å². The van der Waals surface area contributed by atoms with Crippen LogP contribution in [-0.4, -0.2) is 45.1 Å². The Labute approximate surface area is 188 Å². The third kappa shape index (κ3) is 5.78. The molecule has 1 saturated heterocycles. The van der Waals surface area contributed by atoms with Gasteiger partial charge in [0.25, 0.3) is 5.91 Å². The Morgan fingerprint density at radius 1 is 1.17 bits per heavy atom. The molecule has 8 heteroatoms. The van der Waals surface area contributed by atoms with Crippen LogP contribution in [0.1, 0.15) is 35.7 Å². The molecular weight excluding hydrogens is 440 g/mol. The van der Waals surface area contributed by atoms with Gasteiger partial charge in [-0.2, -0.15) is 0 Å². The van der Waals surface area contributed by atoms with E-state index in [1.807, 2.05) is 23.3 Å². The molecule has 1 fully saturated rings. The van der Waals surface area contributed by atoms with Gasteiger partial charge in [-0.1, -0.05) is 30.7 Å². The highest BCUT2D eigenvalue weighted by Gasteiger charge is 2.25. The second-order valence-corrected chi connectivity index (χ2v) is 10.7. The number of benzene rings is 2. The zero-order valence-corrected chi connectivity index (χ0v) is 19.6. The zero-order valence-electron chi connectivity index (χ0n) is 17.2. The van der Waals surface area contributed by atoms with Crippen molar-refractivity contribution in [2.45, 2.75) is 36.0 Å². The second kappa shape index (κ2) is 10.2. The van der Waals surface area contributed by atoms with Gasteiger partial charge in [0.1, 0.15) is 0 Å². The maximum absolute atomic E-state index is 13.1. The van der Waals surface area contributed by atoms with Gasteiger partial charge >= 0.3 is 0 Å². The summed E-state index contributed by atoms with van der Waals surface area (Å²) < 4.78 is 28.2. The van der Waals surface area contributed by atoms with E-state index in [4.69, 9.17) is 11.6 Å². The van der Waals surface area contributed by atoms with Gasteiger partial charge in [0, 0.05) is 29.6 Å². The number of amides is 1. The Kier molecular flexibility index (Phi) is 7.85. The lowest BCUT2D eigenvalue weighted by Crippen LogP contribution is -2.38. The number of nitrogens with one attached hydrogen (secondary N) is 1. The Morgan fingerprint density at radius 2 is 1.83 bits per heavy atom. The lowest BCUT2D eigenvalue weighted by atomic mass is 9.98. The average molecular weight is 467 g/mol. The third-order valence-electron chi connectivity index (χ3n) is 5.40. The summed E-state index contributed by atoms with van der Waals surface area (Å²) in [5.41, 5.74) is 1.45. The first-order chi connectivity index (χ1) is 14.3. The molecule has 1 aliphatic rings. The highest BCUT2D eigenvalue weighted by atomic mass is 35.5.